The van der Waals surface area contributed by atoms with Crippen LogP contribution in [0.15, 0.2) is 60.7 Å². The lowest BCUT2D eigenvalue weighted by Crippen LogP contribution is -2.56. The number of piperidine rings is 1. The molecule has 0 spiro atoms. The van der Waals surface area contributed by atoms with Crippen molar-refractivity contribution in [1.82, 2.24) is 19.6 Å². The zero-order valence-electron chi connectivity index (χ0n) is 41.2. The number of cyclic esters (lactones) is 4. The first kappa shape index (κ1) is 53.8. The molecule has 67 heavy (non-hydrogen) atoms. The van der Waals surface area contributed by atoms with E-state index in [2.05, 4.69) is 0 Å². The molecule has 0 aromatic heterocycles. The molecule has 2 aliphatic rings. The number of carbonyl (C=O) groups excluding carboxylic acids is 8. The van der Waals surface area contributed by atoms with Gasteiger partial charge in [0.05, 0.1) is 0 Å². The second kappa shape index (κ2) is 24.8. The highest BCUT2D eigenvalue weighted by atomic mass is 16.6. The molecule has 2 aromatic carbocycles. The summed E-state index contributed by atoms with van der Waals surface area (Å²) in [5, 5.41) is 0. The van der Waals surface area contributed by atoms with Crippen LogP contribution in [0.25, 0.3) is 0 Å². The monoisotopic (exact) mass is 933 g/mol. The first-order valence-corrected chi connectivity index (χ1v) is 23.6. The van der Waals surface area contributed by atoms with Crippen molar-refractivity contribution in [3.63, 3.8) is 0 Å². The molecule has 4 amide bonds. The molecule has 2 aromatic rings. The lowest BCUT2D eigenvalue weighted by molar-refractivity contribution is -0.177. The average Bonchev–Trinajstić information content (AvgIpc) is 3.29. The average molecular weight is 933 g/mol. The molecule has 8 atom stereocenters. The van der Waals surface area contributed by atoms with Crippen LogP contribution in [0, 0.1) is 17.8 Å². The third-order valence-electron chi connectivity index (χ3n) is 12.3. The van der Waals surface area contributed by atoms with Gasteiger partial charge in [0.1, 0.15) is 24.2 Å². The Labute approximate surface area is 395 Å². The Morgan fingerprint density at radius 3 is 1.24 bits per heavy atom. The molecular formula is C51H72N4O12. The Morgan fingerprint density at radius 1 is 0.478 bits per heavy atom. The number of likely N-dealkylation sites (N-methyl/N-ethyl adjacent to an activating group) is 3. The van der Waals surface area contributed by atoms with E-state index in [-0.39, 0.29) is 62.8 Å². The summed E-state index contributed by atoms with van der Waals surface area (Å²) < 4.78 is 23.8. The van der Waals surface area contributed by atoms with Crippen molar-refractivity contribution < 1.29 is 57.3 Å². The number of hydrogen-bond acceptors (Lipinski definition) is 12. The van der Waals surface area contributed by atoms with E-state index < -0.39 is 96.1 Å². The fraction of sp³-hybridized carbons (Fsp3) is 0.608. The van der Waals surface area contributed by atoms with Crippen LogP contribution >= 0.6 is 0 Å². The molecule has 2 saturated heterocycles. The van der Waals surface area contributed by atoms with Crippen molar-refractivity contribution in [1.29, 1.82) is 0 Å². The van der Waals surface area contributed by atoms with Crippen LogP contribution in [0.1, 0.15) is 105 Å². The van der Waals surface area contributed by atoms with Crippen LogP contribution in [0.3, 0.4) is 0 Å². The molecule has 0 aliphatic carbocycles. The van der Waals surface area contributed by atoms with E-state index >= 15 is 0 Å². The van der Waals surface area contributed by atoms with Gasteiger partial charge in [-0.1, -0.05) is 102 Å². The summed E-state index contributed by atoms with van der Waals surface area (Å²) in [6, 6.07) is 13.0. The van der Waals surface area contributed by atoms with Gasteiger partial charge >= 0.3 is 23.9 Å². The SMILES string of the molecule is CC(C)C[C@H]1C(=O)O[C@@H](Cc2ccccc2)C(=O)N2CCCC[C@H]2C(=O)O[C@@H](C)C(=O)N(C)[C@@H](CC(C)C)C(=O)O[C@@H](Cc2ccccc2)C(=O)N(C)[C@@H](CC(C)C)C(=O)O[C@@H](C)C(=O)N1C. The molecule has 16 heteroatoms. The summed E-state index contributed by atoms with van der Waals surface area (Å²) in [5.74, 6) is -6.74. The van der Waals surface area contributed by atoms with Gasteiger partial charge in [-0.05, 0) is 81.3 Å². The molecule has 4 rings (SSSR count). The van der Waals surface area contributed by atoms with Crippen LogP contribution in [0.4, 0.5) is 0 Å². The van der Waals surface area contributed by atoms with Crippen molar-refractivity contribution in [3.05, 3.63) is 71.8 Å². The van der Waals surface area contributed by atoms with Gasteiger partial charge in [0, 0.05) is 40.5 Å². The molecule has 0 unspecified atom stereocenters. The normalized spacial score (nSPS) is 26.3. The van der Waals surface area contributed by atoms with Gasteiger partial charge in [0.25, 0.3) is 23.6 Å². The van der Waals surface area contributed by atoms with Crippen LogP contribution < -0.4 is 0 Å². The number of hydrogen-bond donors (Lipinski definition) is 0. The third kappa shape index (κ3) is 14.8. The summed E-state index contributed by atoms with van der Waals surface area (Å²) in [6.07, 6.45) is -4.17. The smallest absolute Gasteiger partial charge is 0.329 e. The maximum absolute atomic E-state index is 14.7. The number of nitrogens with zero attached hydrogens (tertiary/aromatic N) is 4. The van der Waals surface area contributed by atoms with Crippen LogP contribution in [0.5, 0.6) is 0 Å². The molecule has 2 fully saturated rings. The molecule has 2 aliphatic heterocycles. The molecule has 368 valence electrons. The minimum absolute atomic E-state index is 0.0491. The molecule has 0 bridgehead atoms. The lowest BCUT2D eigenvalue weighted by atomic mass is 9.99. The van der Waals surface area contributed by atoms with Crippen molar-refractivity contribution in [2.24, 2.45) is 17.8 Å². The van der Waals surface area contributed by atoms with E-state index in [1.807, 2.05) is 41.5 Å². The second-order valence-electron chi connectivity index (χ2n) is 19.2. The highest BCUT2D eigenvalue weighted by Gasteiger charge is 2.43. The van der Waals surface area contributed by atoms with E-state index in [9.17, 15) is 38.4 Å². The third-order valence-corrected chi connectivity index (χ3v) is 12.3. The maximum Gasteiger partial charge on any atom is 0.329 e. The maximum atomic E-state index is 14.7. The van der Waals surface area contributed by atoms with Gasteiger partial charge in [-0.25, -0.2) is 19.2 Å². The zero-order chi connectivity index (χ0) is 49.7. The Bertz CT molecular complexity index is 2030. The molecule has 2 heterocycles. The number of rotatable bonds is 10. The van der Waals surface area contributed by atoms with Gasteiger partial charge < -0.3 is 38.5 Å². The largest absolute Gasteiger partial charge is 0.451 e. The molecule has 0 saturated carbocycles. The Kier molecular flexibility index (Phi) is 19.9. The van der Waals surface area contributed by atoms with E-state index in [1.54, 1.807) is 60.7 Å². The van der Waals surface area contributed by atoms with Crippen molar-refractivity contribution >= 4 is 47.5 Å². The molecule has 0 radical (unpaired) electrons. The summed E-state index contributed by atoms with van der Waals surface area (Å²) in [6.45, 7) is 14.0. The van der Waals surface area contributed by atoms with Crippen molar-refractivity contribution in [3.8, 4) is 0 Å². The highest BCUT2D eigenvalue weighted by molar-refractivity contribution is 5.94. The molecular weight excluding hydrogens is 861 g/mol. The summed E-state index contributed by atoms with van der Waals surface area (Å²) in [4.78, 5) is 119. The number of fused-ring (bicyclic) bond motifs is 1. The summed E-state index contributed by atoms with van der Waals surface area (Å²) >= 11 is 0. The van der Waals surface area contributed by atoms with Gasteiger partial charge in [-0.15, -0.1) is 0 Å². The van der Waals surface area contributed by atoms with Crippen LogP contribution in [-0.4, -0.2) is 143 Å². The highest BCUT2D eigenvalue weighted by Crippen LogP contribution is 2.26. The Morgan fingerprint density at radius 2 is 0.836 bits per heavy atom. The number of amides is 4. The molecule has 0 N–H and O–H groups in total. The van der Waals surface area contributed by atoms with Crippen LogP contribution in [-0.2, 0) is 70.1 Å². The number of benzene rings is 2. The van der Waals surface area contributed by atoms with Gasteiger partial charge in [-0.2, -0.15) is 0 Å². The first-order valence-electron chi connectivity index (χ1n) is 23.6. The second-order valence-corrected chi connectivity index (χ2v) is 19.2. The predicted octanol–water partition coefficient (Wildman–Crippen LogP) is 5.17. The van der Waals surface area contributed by atoms with Crippen molar-refractivity contribution in [2.45, 2.75) is 155 Å². The fourth-order valence-electron chi connectivity index (χ4n) is 8.52. The van der Waals surface area contributed by atoms with E-state index in [4.69, 9.17) is 18.9 Å². The standard InChI is InChI=1S/C51H72N4O12/c1-31(2)26-39-49(61)65-35(8)45(57)53(10)41(28-33(5)6)51(63)67-43(30-37-22-16-13-17-23-37)47(59)55-25-19-18-24-38(55)48(60)64-34(7)44(56)52(9)40(27-32(3)4)50(62)66-42(46(58)54(39)11)29-36-20-14-12-15-21-36/h12-17,20-23,31-35,38-43H,18-19,24-30H2,1-11H3/t34-,35-,38-,39-,40-,41-,42-,43-/m0/s1. The number of carbonyl (C=O) groups is 8. The van der Waals surface area contributed by atoms with Crippen molar-refractivity contribution in [2.75, 3.05) is 27.7 Å². The van der Waals surface area contributed by atoms with E-state index in [0.29, 0.717) is 24.0 Å². The van der Waals surface area contributed by atoms with E-state index in [1.165, 1.54) is 39.9 Å². The summed E-state index contributed by atoms with van der Waals surface area (Å²) in [5.41, 5.74) is 1.33. The van der Waals surface area contributed by atoms with Crippen LogP contribution in [0.2, 0.25) is 0 Å². The predicted molar refractivity (Wildman–Crippen MR) is 249 cm³/mol. The Balaban J connectivity index is 1.84. The summed E-state index contributed by atoms with van der Waals surface area (Å²) in [7, 11) is 4.19. The minimum atomic E-state index is -1.46. The zero-order valence-corrected chi connectivity index (χ0v) is 41.2. The topological polar surface area (TPSA) is 186 Å². The van der Waals surface area contributed by atoms with Gasteiger partial charge in [0.2, 0.25) is 0 Å². The molecule has 16 nitrogen and oxygen atoms in total. The number of esters is 4. The quantitative estimate of drug-likeness (QED) is 0.225. The first-order chi connectivity index (χ1) is 31.6. The lowest BCUT2D eigenvalue weighted by Gasteiger charge is -2.37. The fourth-order valence-corrected chi connectivity index (χ4v) is 8.52. The van der Waals surface area contributed by atoms with Gasteiger partial charge in [-0.3, -0.25) is 19.2 Å². The number of ether oxygens (including phenoxy) is 4. The van der Waals surface area contributed by atoms with E-state index in [0.717, 1.165) is 14.7 Å². The Hall–Kier alpha value is -5.80. The minimum Gasteiger partial charge on any atom is -0.451 e. The van der Waals surface area contributed by atoms with Gasteiger partial charge in [0.15, 0.2) is 24.4 Å².